The molecule has 2 unspecified atom stereocenters. The molecule has 98 valence electrons. The van der Waals surface area contributed by atoms with E-state index in [9.17, 15) is 4.79 Å². The molecule has 1 aliphatic heterocycles. The minimum Gasteiger partial charge on any atom is -0.353 e. The average Bonchev–Trinajstić information content (AvgIpc) is 2.57. The molecule has 2 atom stereocenters. The Balaban J connectivity index is 1.78. The van der Waals surface area contributed by atoms with Gasteiger partial charge in [-0.2, -0.15) is 0 Å². The second-order valence-corrected chi connectivity index (χ2v) is 5.89. The smallest absolute Gasteiger partial charge is 0.224 e. The van der Waals surface area contributed by atoms with Gasteiger partial charge in [-0.05, 0) is 31.7 Å². The minimum atomic E-state index is 0.196. The standard InChI is InChI=1S/C14H26N2O/c1-11-8-12(10-15-9-11)14(17)16-13-6-4-2-3-5-7-13/h11-13,15H,2-10H2,1H3,(H,16,17). The van der Waals surface area contributed by atoms with E-state index < -0.39 is 0 Å². The van der Waals surface area contributed by atoms with Crippen molar-refractivity contribution < 1.29 is 4.79 Å². The Morgan fingerprint density at radius 3 is 2.47 bits per heavy atom. The molecule has 1 saturated heterocycles. The number of carbonyl (C=O) groups is 1. The Bertz CT molecular complexity index is 247. The van der Waals surface area contributed by atoms with Gasteiger partial charge in [-0.25, -0.2) is 0 Å². The molecule has 1 heterocycles. The molecule has 2 rings (SSSR count). The Hall–Kier alpha value is -0.570. The highest BCUT2D eigenvalue weighted by Crippen LogP contribution is 2.20. The number of hydrogen-bond acceptors (Lipinski definition) is 2. The SMILES string of the molecule is CC1CNCC(C(=O)NC2CCCCCC2)C1. The number of amides is 1. The van der Waals surface area contributed by atoms with Crippen molar-refractivity contribution in [2.75, 3.05) is 13.1 Å². The summed E-state index contributed by atoms with van der Waals surface area (Å²) in [7, 11) is 0. The predicted octanol–water partition coefficient (Wildman–Crippen LogP) is 2.07. The second-order valence-electron chi connectivity index (χ2n) is 5.89. The van der Waals surface area contributed by atoms with Gasteiger partial charge in [-0.1, -0.05) is 32.6 Å². The van der Waals surface area contributed by atoms with E-state index in [2.05, 4.69) is 17.6 Å². The molecular weight excluding hydrogens is 212 g/mol. The van der Waals surface area contributed by atoms with Crippen LogP contribution < -0.4 is 10.6 Å². The van der Waals surface area contributed by atoms with Crippen LogP contribution in [-0.4, -0.2) is 25.0 Å². The van der Waals surface area contributed by atoms with E-state index in [1.807, 2.05) is 0 Å². The third-order valence-electron chi connectivity index (χ3n) is 4.14. The van der Waals surface area contributed by atoms with Crippen LogP contribution in [0, 0.1) is 11.8 Å². The van der Waals surface area contributed by atoms with E-state index in [-0.39, 0.29) is 11.8 Å². The van der Waals surface area contributed by atoms with Gasteiger partial charge in [-0.15, -0.1) is 0 Å². The van der Waals surface area contributed by atoms with Crippen LogP contribution in [0.2, 0.25) is 0 Å². The zero-order valence-corrected chi connectivity index (χ0v) is 11.0. The van der Waals surface area contributed by atoms with Crippen LogP contribution in [0.3, 0.4) is 0 Å². The van der Waals surface area contributed by atoms with Gasteiger partial charge in [0, 0.05) is 12.6 Å². The summed E-state index contributed by atoms with van der Waals surface area (Å²) in [5.41, 5.74) is 0. The third kappa shape index (κ3) is 3.98. The van der Waals surface area contributed by atoms with Gasteiger partial charge < -0.3 is 10.6 Å². The first-order valence-corrected chi connectivity index (χ1v) is 7.27. The van der Waals surface area contributed by atoms with Crippen LogP contribution in [0.1, 0.15) is 51.9 Å². The monoisotopic (exact) mass is 238 g/mol. The first-order valence-electron chi connectivity index (χ1n) is 7.27. The Labute approximate surface area is 105 Å². The molecule has 2 fully saturated rings. The Kier molecular flexibility index (Phi) is 4.84. The Morgan fingerprint density at radius 2 is 1.82 bits per heavy atom. The lowest BCUT2D eigenvalue weighted by Crippen LogP contribution is -2.46. The van der Waals surface area contributed by atoms with Gasteiger partial charge >= 0.3 is 0 Å². The molecule has 0 radical (unpaired) electrons. The van der Waals surface area contributed by atoms with Crippen molar-refractivity contribution in [1.82, 2.24) is 10.6 Å². The number of hydrogen-bond donors (Lipinski definition) is 2. The van der Waals surface area contributed by atoms with Gasteiger partial charge in [0.2, 0.25) is 5.91 Å². The van der Waals surface area contributed by atoms with E-state index in [0.29, 0.717) is 12.0 Å². The summed E-state index contributed by atoms with van der Waals surface area (Å²) in [4.78, 5) is 12.2. The molecular formula is C14H26N2O. The third-order valence-corrected chi connectivity index (χ3v) is 4.14. The van der Waals surface area contributed by atoms with Crippen LogP contribution >= 0.6 is 0 Å². The normalized spacial score (nSPS) is 31.8. The summed E-state index contributed by atoms with van der Waals surface area (Å²) < 4.78 is 0. The maximum atomic E-state index is 12.2. The van der Waals surface area contributed by atoms with E-state index in [1.165, 1.54) is 38.5 Å². The topological polar surface area (TPSA) is 41.1 Å². The zero-order chi connectivity index (χ0) is 12.1. The number of nitrogens with one attached hydrogen (secondary N) is 2. The van der Waals surface area contributed by atoms with Crippen molar-refractivity contribution in [3.05, 3.63) is 0 Å². The van der Waals surface area contributed by atoms with Crippen LogP contribution in [0.5, 0.6) is 0 Å². The molecule has 1 aliphatic carbocycles. The lowest BCUT2D eigenvalue weighted by Gasteiger charge is -2.28. The molecule has 0 bridgehead atoms. The maximum Gasteiger partial charge on any atom is 0.224 e. The van der Waals surface area contributed by atoms with Crippen molar-refractivity contribution in [2.45, 2.75) is 57.9 Å². The first kappa shape index (κ1) is 12.9. The fourth-order valence-corrected chi connectivity index (χ4v) is 3.10. The van der Waals surface area contributed by atoms with Crippen molar-refractivity contribution in [3.63, 3.8) is 0 Å². The number of carbonyl (C=O) groups excluding carboxylic acids is 1. The van der Waals surface area contributed by atoms with E-state index >= 15 is 0 Å². The van der Waals surface area contributed by atoms with Crippen LogP contribution in [0.15, 0.2) is 0 Å². The van der Waals surface area contributed by atoms with E-state index in [1.54, 1.807) is 0 Å². The summed E-state index contributed by atoms with van der Waals surface area (Å²) in [5.74, 6) is 1.12. The molecule has 3 heteroatoms. The van der Waals surface area contributed by atoms with Crippen molar-refractivity contribution in [3.8, 4) is 0 Å². The number of piperidine rings is 1. The van der Waals surface area contributed by atoms with Gasteiger partial charge in [0.05, 0.1) is 5.92 Å². The summed E-state index contributed by atoms with van der Waals surface area (Å²) in [6.07, 6.45) is 8.66. The van der Waals surface area contributed by atoms with Gasteiger partial charge in [0.25, 0.3) is 0 Å². The minimum absolute atomic E-state index is 0.196. The average molecular weight is 238 g/mol. The van der Waals surface area contributed by atoms with E-state index in [4.69, 9.17) is 0 Å². The summed E-state index contributed by atoms with van der Waals surface area (Å²) in [5, 5.41) is 6.62. The summed E-state index contributed by atoms with van der Waals surface area (Å²) in [6, 6.07) is 0.447. The van der Waals surface area contributed by atoms with Crippen LogP contribution in [0.4, 0.5) is 0 Å². The molecule has 2 aliphatic rings. The predicted molar refractivity (Wildman–Crippen MR) is 69.8 cm³/mol. The summed E-state index contributed by atoms with van der Waals surface area (Å²) >= 11 is 0. The highest BCUT2D eigenvalue weighted by Gasteiger charge is 2.26. The molecule has 3 nitrogen and oxygen atoms in total. The lowest BCUT2D eigenvalue weighted by atomic mass is 9.91. The zero-order valence-electron chi connectivity index (χ0n) is 11.0. The molecule has 17 heavy (non-hydrogen) atoms. The molecule has 0 spiro atoms. The van der Waals surface area contributed by atoms with Crippen LogP contribution in [0.25, 0.3) is 0 Å². The highest BCUT2D eigenvalue weighted by molar-refractivity contribution is 5.79. The quantitative estimate of drug-likeness (QED) is 0.723. The van der Waals surface area contributed by atoms with Crippen molar-refractivity contribution in [1.29, 1.82) is 0 Å². The first-order chi connectivity index (χ1) is 8.25. The fraction of sp³-hybridized carbons (Fsp3) is 0.929. The van der Waals surface area contributed by atoms with Gasteiger partial charge in [0.1, 0.15) is 0 Å². The molecule has 0 aromatic heterocycles. The molecule has 0 aromatic rings. The van der Waals surface area contributed by atoms with Gasteiger partial charge in [-0.3, -0.25) is 4.79 Å². The lowest BCUT2D eigenvalue weighted by molar-refractivity contribution is -0.126. The molecule has 1 amide bonds. The van der Waals surface area contributed by atoms with Crippen LogP contribution in [-0.2, 0) is 4.79 Å². The Morgan fingerprint density at radius 1 is 1.12 bits per heavy atom. The molecule has 2 N–H and O–H groups in total. The second kappa shape index (κ2) is 6.39. The number of rotatable bonds is 2. The molecule has 1 saturated carbocycles. The fourth-order valence-electron chi connectivity index (χ4n) is 3.10. The largest absolute Gasteiger partial charge is 0.353 e. The maximum absolute atomic E-state index is 12.2. The van der Waals surface area contributed by atoms with E-state index in [0.717, 1.165) is 19.5 Å². The molecule has 0 aromatic carbocycles. The van der Waals surface area contributed by atoms with Crippen molar-refractivity contribution >= 4 is 5.91 Å². The highest BCUT2D eigenvalue weighted by atomic mass is 16.2. The van der Waals surface area contributed by atoms with Gasteiger partial charge in [0.15, 0.2) is 0 Å². The summed E-state index contributed by atoms with van der Waals surface area (Å²) in [6.45, 7) is 4.15. The van der Waals surface area contributed by atoms with Crippen molar-refractivity contribution in [2.24, 2.45) is 11.8 Å².